The number of nitrogens with zero attached hydrogens (tertiary/aromatic N) is 2. The molecule has 1 unspecified atom stereocenters. The van der Waals surface area contributed by atoms with Crippen LogP contribution in [0.3, 0.4) is 0 Å². The smallest absolute Gasteiger partial charge is 0.206 e. The summed E-state index contributed by atoms with van der Waals surface area (Å²) in [5, 5.41) is 22.3. The SMILES string of the molecule is OC(COc1ccc(-c2ccccc2)cc1)CSc1nnc(NCc2ccco2)s1. The van der Waals surface area contributed by atoms with Gasteiger partial charge in [0.15, 0.2) is 4.34 Å². The predicted molar refractivity (Wildman–Crippen MR) is 120 cm³/mol. The molecule has 0 bridgehead atoms. The number of furan rings is 1. The highest BCUT2D eigenvalue weighted by atomic mass is 32.2. The Morgan fingerprint density at radius 2 is 1.80 bits per heavy atom. The Bertz CT molecular complexity index is 1020. The highest BCUT2D eigenvalue weighted by molar-refractivity contribution is 8.01. The zero-order valence-corrected chi connectivity index (χ0v) is 17.7. The summed E-state index contributed by atoms with van der Waals surface area (Å²) in [5.41, 5.74) is 2.29. The molecule has 4 rings (SSSR count). The van der Waals surface area contributed by atoms with E-state index in [0.717, 1.165) is 32.1 Å². The molecule has 154 valence electrons. The lowest BCUT2D eigenvalue weighted by Crippen LogP contribution is -2.20. The van der Waals surface area contributed by atoms with Gasteiger partial charge in [-0.3, -0.25) is 0 Å². The summed E-state index contributed by atoms with van der Waals surface area (Å²) >= 11 is 2.91. The van der Waals surface area contributed by atoms with Crippen molar-refractivity contribution in [1.29, 1.82) is 0 Å². The normalized spacial score (nSPS) is 11.9. The monoisotopic (exact) mass is 439 g/mol. The average molecular weight is 440 g/mol. The summed E-state index contributed by atoms with van der Waals surface area (Å²) < 4.78 is 11.8. The molecular formula is C22H21N3O3S2. The Kier molecular flexibility index (Phi) is 7.02. The van der Waals surface area contributed by atoms with E-state index in [1.165, 1.54) is 23.1 Å². The van der Waals surface area contributed by atoms with Crippen LogP contribution in [0.2, 0.25) is 0 Å². The van der Waals surface area contributed by atoms with E-state index in [0.29, 0.717) is 12.3 Å². The Labute approximate surface area is 182 Å². The van der Waals surface area contributed by atoms with Crippen LogP contribution in [0, 0.1) is 0 Å². The highest BCUT2D eigenvalue weighted by Gasteiger charge is 2.10. The molecule has 0 aliphatic heterocycles. The zero-order chi connectivity index (χ0) is 20.6. The summed E-state index contributed by atoms with van der Waals surface area (Å²) in [4.78, 5) is 0. The molecule has 1 atom stereocenters. The van der Waals surface area contributed by atoms with Crippen molar-refractivity contribution >= 4 is 28.2 Å². The lowest BCUT2D eigenvalue weighted by molar-refractivity contribution is 0.126. The number of thioether (sulfide) groups is 1. The minimum absolute atomic E-state index is 0.222. The third-order valence-electron chi connectivity index (χ3n) is 4.20. The maximum atomic E-state index is 10.2. The van der Waals surface area contributed by atoms with Crippen molar-refractivity contribution in [3.63, 3.8) is 0 Å². The molecule has 2 heterocycles. The van der Waals surface area contributed by atoms with Crippen LogP contribution in [0.5, 0.6) is 5.75 Å². The largest absolute Gasteiger partial charge is 0.491 e. The number of aromatic nitrogens is 2. The maximum Gasteiger partial charge on any atom is 0.206 e. The van der Waals surface area contributed by atoms with Gasteiger partial charge in [-0.25, -0.2) is 0 Å². The van der Waals surface area contributed by atoms with E-state index in [2.05, 4.69) is 27.6 Å². The molecule has 0 amide bonds. The second-order valence-corrected chi connectivity index (χ2v) is 8.72. The molecule has 2 aromatic heterocycles. The van der Waals surface area contributed by atoms with Crippen molar-refractivity contribution in [2.45, 2.75) is 17.0 Å². The number of ether oxygens (including phenoxy) is 1. The molecule has 0 saturated heterocycles. The van der Waals surface area contributed by atoms with Crippen LogP contribution in [0.4, 0.5) is 5.13 Å². The van der Waals surface area contributed by atoms with E-state index >= 15 is 0 Å². The van der Waals surface area contributed by atoms with E-state index in [-0.39, 0.29) is 6.61 Å². The first-order valence-corrected chi connectivity index (χ1v) is 11.3. The van der Waals surface area contributed by atoms with E-state index in [1.54, 1.807) is 6.26 Å². The summed E-state index contributed by atoms with van der Waals surface area (Å²) in [7, 11) is 0. The molecule has 2 aromatic carbocycles. The van der Waals surface area contributed by atoms with Crippen LogP contribution in [0.1, 0.15) is 5.76 Å². The first-order chi connectivity index (χ1) is 14.8. The molecule has 30 heavy (non-hydrogen) atoms. The molecule has 0 aliphatic carbocycles. The number of aliphatic hydroxyl groups excluding tert-OH is 1. The van der Waals surface area contributed by atoms with Gasteiger partial charge in [-0.05, 0) is 35.4 Å². The summed E-state index contributed by atoms with van der Waals surface area (Å²) in [6, 6.07) is 21.8. The number of hydrogen-bond donors (Lipinski definition) is 2. The van der Waals surface area contributed by atoms with Crippen LogP contribution in [-0.4, -0.2) is 33.8 Å². The molecule has 2 N–H and O–H groups in total. The van der Waals surface area contributed by atoms with E-state index < -0.39 is 6.10 Å². The standard InChI is InChI=1S/C22H21N3O3S2/c26-18(14-28-19-10-8-17(9-11-19)16-5-2-1-3-6-16)15-29-22-25-24-21(30-22)23-13-20-7-4-12-27-20/h1-12,18,26H,13-15H2,(H,23,24). The van der Waals surface area contributed by atoms with Crippen LogP contribution in [0.25, 0.3) is 11.1 Å². The summed E-state index contributed by atoms with van der Waals surface area (Å²) in [6.07, 6.45) is 1.03. The number of anilines is 1. The van der Waals surface area contributed by atoms with Gasteiger partial charge >= 0.3 is 0 Å². The van der Waals surface area contributed by atoms with Crippen molar-refractivity contribution in [3.05, 3.63) is 78.8 Å². The minimum atomic E-state index is -0.604. The molecular weight excluding hydrogens is 418 g/mol. The zero-order valence-electron chi connectivity index (χ0n) is 16.1. The van der Waals surface area contributed by atoms with Crippen LogP contribution in [0.15, 0.2) is 81.8 Å². The number of nitrogens with one attached hydrogen (secondary N) is 1. The fourth-order valence-corrected chi connectivity index (χ4v) is 4.38. The molecule has 0 spiro atoms. The van der Waals surface area contributed by atoms with Gasteiger partial charge in [0.05, 0.1) is 18.9 Å². The fourth-order valence-electron chi connectivity index (χ4n) is 2.70. The molecule has 6 nitrogen and oxygen atoms in total. The first-order valence-electron chi connectivity index (χ1n) is 9.45. The van der Waals surface area contributed by atoms with E-state index in [9.17, 15) is 5.11 Å². The molecule has 4 aromatic rings. The van der Waals surface area contributed by atoms with Gasteiger partial charge < -0.3 is 19.6 Å². The van der Waals surface area contributed by atoms with Crippen molar-refractivity contribution in [3.8, 4) is 16.9 Å². The lowest BCUT2D eigenvalue weighted by atomic mass is 10.1. The Morgan fingerprint density at radius 1 is 1.00 bits per heavy atom. The molecule has 8 heteroatoms. The fraction of sp³-hybridized carbons (Fsp3) is 0.182. The second kappa shape index (κ2) is 10.3. The van der Waals surface area contributed by atoms with Crippen LogP contribution in [-0.2, 0) is 6.54 Å². The molecule has 0 radical (unpaired) electrons. The Balaban J connectivity index is 1.19. The number of benzene rings is 2. The lowest BCUT2D eigenvalue weighted by Gasteiger charge is -2.11. The average Bonchev–Trinajstić information content (AvgIpc) is 3.48. The summed E-state index contributed by atoms with van der Waals surface area (Å²) in [6.45, 7) is 0.784. The quantitative estimate of drug-likeness (QED) is 0.339. The van der Waals surface area contributed by atoms with Crippen molar-refractivity contribution in [2.75, 3.05) is 17.7 Å². The van der Waals surface area contributed by atoms with Crippen LogP contribution >= 0.6 is 23.1 Å². The number of rotatable bonds is 10. The van der Waals surface area contributed by atoms with Gasteiger partial charge in [-0.1, -0.05) is 65.6 Å². The number of hydrogen-bond acceptors (Lipinski definition) is 8. The molecule has 0 aliphatic rings. The molecule has 0 saturated carbocycles. The highest BCUT2D eigenvalue weighted by Crippen LogP contribution is 2.27. The first kappa shape index (κ1) is 20.5. The van der Waals surface area contributed by atoms with Gasteiger partial charge in [0.2, 0.25) is 5.13 Å². The van der Waals surface area contributed by atoms with Crippen LogP contribution < -0.4 is 10.1 Å². The van der Waals surface area contributed by atoms with Gasteiger partial charge in [-0.2, -0.15) is 0 Å². The number of aliphatic hydroxyl groups is 1. The Morgan fingerprint density at radius 3 is 2.57 bits per heavy atom. The van der Waals surface area contributed by atoms with Crippen molar-refractivity contribution in [2.24, 2.45) is 0 Å². The third kappa shape index (κ3) is 5.85. The van der Waals surface area contributed by atoms with Gasteiger partial charge in [0.25, 0.3) is 0 Å². The third-order valence-corrected chi connectivity index (χ3v) is 6.36. The van der Waals surface area contributed by atoms with Gasteiger partial charge in [0, 0.05) is 5.75 Å². The van der Waals surface area contributed by atoms with Crippen molar-refractivity contribution in [1.82, 2.24) is 10.2 Å². The van der Waals surface area contributed by atoms with E-state index in [1.807, 2.05) is 54.6 Å². The predicted octanol–water partition coefficient (Wildman–Crippen LogP) is 4.94. The second-order valence-electron chi connectivity index (χ2n) is 6.47. The Hall–Kier alpha value is -2.81. The topological polar surface area (TPSA) is 80.4 Å². The molecule has 0 fully saturated rings. The van der Waals surface area contributed by atoms with Gasteiger partial charge in [-0.15, -0.1) is 10.2 Å². The summed E-state index contributed by atoms with van der Waals surface area (Å²) in [5.74, 6) is 2.05. The van der Waals surface area contributed by atoms with Crippen molar-refractivity contribution < 1.29 is 14.3 Å². The van der Waals surface area contributed by atoms with Gasteiger partial charge in [0.1, 0.15) is 18.1 Å². The minimum Gasteiger partial charge on any atom is -0.491 e. The maximum absolute atomic E-state index is 10.2. The van der Waals surface area contributed by atoms with E-state index in [4.69, 9.17) is 9.15 Å².